The first kappa shape index (κ1) is 14.3. The van der Waals surface area contributed by atoms with Crippen LogP contribution in [0.25, 0.3) is 0 Å². The molecule has 1 aromatic carbocycles. The summed E-state index contributed by atoms with van der Waals surface area (Å²) in [4.78, 5) is 20.4. The summed E-state index contributed by atoms with van der Waals surface area (Å²) in [5.74, 6) is -2.03. The summed E-state index contributed by atoms with van der Waals surface area (Å²) in [6, 6.07) is 3.09. The van der Waals surface area contributed by atoms with E-state index in [1.54, 1.807) is 0 Å². The third kappa shape index (κ3) is 3.35. The number of nitrogens with zero attached hydrogens (tertiary/aromatic N) is 2. The van der Waals surface area contributed by atoms with Crippen molar-refractivity contribution < 1.29 is 28.3 Å². The van der Waals surface area contributed by atoms with E-state index in [4.69, 9.17) is 10.4 Å². The van der Waals surface area contributed by atoms with E-state index in [9.17, 15) is 23.7 Å². The van der Waals surface area contributed by atoms with E-state index in [1.165, 1.54) is 6.07 Å². The molecule has 1 aromatic rings. The van der Waals surface area contributed by atoms with E-state index in [0.717, 1.165) is 12.1 Å². The Balaban J connectivity index is 3.45. The van der Waals surface area contributed by atoms with Gasteiger partial charge in [0.25, 0.3) is 5.69 Å². The number of alkyl halides is 2. The number of nitriles is 1. The average Bonchev–Trinajstić information content (AvgIpc) is 2.27. The molecular weight excluding hydrogens is 266 g/mol. The minimum atomic E-state index is -3.23. The van der Waals surface area contributed by atoms with Gasteiger partial charge in [-0.2, -0.15) is 14.0 Å². The largest absolute Gasteiger partial charge is 0.481 e. The monoisotopic (exact) mass is 272 g/mol. The van der Waals surface area contributed by atoms with Gasteiger partial charge in [-0.15, -0.1) is 0 Å². The molecule has 0 aromatic heterocycles. The van der Waals surface area contributed by atoms with E-state index < -0.39 is 46.5 Å². The first-order valence-corrected chi connectivity index (χ1v) is 4.73. The summed E-state index contributed by atoms with van der Waals surface area (Å²) in [6.45, 7) is -3.23. The van der Waals surface area contributed by atoms with Crippen molar-refractivity contribution in [2.75, 3.05) is 0 Å². The molecular formula is C10H6F2N2O5. The lowest BCUT2D eigenvalue weighted by Gasteiger charge is -2.09. The number of rotatable bonds is 5. The number of aliphatic carboxylic acids is 1. The van der Waals surface area contributed by atoms with E-state index in [0.29, 0.717) is 0 Å². The van der Waals surface area contributed by atoms with Crippen molar-refractivity contribution in [2.45, 2.75) is 13.0 Å². The summed E-state index contributed by atoms with van der Waals surface area (Å²) >= 11 is 0. The van der Waals surface area contributed by atoms with Crippen molar-refractivity contribution >= 4 is 11.7 Å². The summed E-state index contributed by atoms with van der Waals surface area (Å²) in [6.07, 6.45) is -0.848. The molecule has 19 heavy (non-hydrogen) atoms. The molecule has 0 spiro atoms. The molecule has 7 nitrogen and oxygen atoms in total. The lowest BCUT2D eigenvalue weighted by atomic mass is 10.0. The lowest BCUT2D eigenvalue weighted by molar-refractivity contribution is -0.385. The van der Waals surface area contributed by atoms with Crippen LogP contribution in [0.1, 0.15) is 11.1 Å². The third-order valence-corrected chi connectivity index (χ3v) is 2.10. The highest BCUT2D eigenvalue weighted by Crippen LogP contribution is 2.31. The number of carboxylic acids is 1. The van der Waals surface area contributed by atoms with Gasteiger partial charge in [0.2, 0.25) is 0 Å². The molecule has 1 N–H and O–H groups in total. The summed E-state index contributed by atoms with van der Waals surface area (Å²) in [7, 11) is 0. The molecule has 0 fully saturated rings. The lowest BCUT2D eigenvalue weighted by Crippen LogP contribution is -2.10. The number of ether oxygens (including phenoxy) is 1. The second-order valence-corrected chi connectivity index (χ2v) is 3.25. The van der Waals surface area contributed by atoms with Gasteiger partial charge in [-0.1, -0.05) is 0 Å². The van der Waals surface area contributed by atoms with Crippen molar-refractivity contribution in [3.8, 4) is 11.8 Å². The Kier molecular flexibility index (Phi) is 4.31. The first-order valence-electron chi connectivity index (χ1n) is 4.73. The molecule has 0 bridgehead atoms. The van der Waals surface area contributed by atoms with Gasteiger partial charge >= 0.3 is 12.6 Å². The van der Waals surface area contributed by atoms with E-state index in [1.807, 2.05) is 0 Å². The number of nitro groups is 1. The number of benzene rings is 1. The second kappa shape index (κ2) is 5.72. The molecule has 0 atom stereocenters. The fourth-order valence-corrected chi connectivity index (χ4v) is 1.43. The van der Waals surface area contributed by atoms with Crippen LogP contribution in [0.15, 0.2) is 12.1 Å². The van der Waals surface area contributed by atoms with Gasteiger partial charge in [-0.05, 0) is 6.07 Å². The van der Waals surface area contributed by atoms with Crippen LogP contribution in [0, 0.1) is 21.4 Å². The average molecular weight is 272 g/mol. The van der Waals surface area contributed by atoms with Crippen LogP contribution < -0.4 is 4.74 Å². The number of carboxylic acid groups (broad SMARTS) is 1. The molecule has 0 unspecified atom stereocenters. The van der Waals surface area contributed by atoms with Crippen molar-refractivity contribution in [3.05, 3.63) is 33.4 Å². The maximum Gasteiger partial charge on any atom is 0.387 e. The van der Waals surface area contributed by atoms with Crippen LogP contribution in [0.4, 0.5) is 14.5 Å². The van der Waals surface area contributed by atoms with Crippen LogP contribution in [-0.4, -0.2) is 22.6 Å². The summed E-state index contributed by atoms with van der Waals surface area (Å²) in [5.41, 5.74) is -1.70. The predicted octanol–water partition coefficient (Wildman–Crippen LogP) is 1.69. The molecule has 0 saturated carbocycles. The molecule has 9 heteroatoms. The fourth-order valence-electron chi connectivity index (χ4n) is 1.43. The SMILES string of the molecule is N#Cc1c(OC(F)F)ccc([N+](=O)[O-])c1CC(=O)O. The van der Waals surface area contributed by atoms with E-state index >= 15 is 0 Å². The number of hydrogen-bond acceptors (Lipinski definition) is 5. The van der Waals surface area contributed by atoms with Crippen LogP contribution in [0.5, 0.6) is 5.75 Å². The van der Waals surface area contributed by atoms with Gasteiger partial charge in [0, 0.05) is 6.07 Å². The van der Waals surface area contributed by atoms with E-state index in [-0.39, 0.29) is 0 Å². The molecule has 1 rings (SSSR count). The third-order valence-electron chi connectivity index (χ3n) is 2.10. The Hall–Kier alpha value is -2.76. The van der Waals surface area contributed by atoms with Gasteiger partial charge in [0.15, 0.2) is 0 Å². The molecule has 0 aliphatic rings. The smallest absolute Gasteiger partial charge is 0.387 e. The van der Waals surface area contributed by atoms with Crippen molar-refractivity contribution in [3.63, 3.8) is 0 Å². The Morgan fingerprint density at radius 3 is 2.63 bits per heavy atom. The highest BCUT2D eigenvalue weighted by atomic mass is 19.3. The Labute approximate surface area is 104 Å². The number of hydrogen-bond donors (Lipinski definition) is 1. The number of carbonyl (C=O) groups is 1. The van der Waals surface area contributed by atoms with Crippen molar-refractivity contribution in [1.29, 1.82) is 5.26 Å². The normalized spacial score (nSPS) is 10.0. The molecule has 0 heterocycles. The zero-order valence-corrected chi connectivity index (χ0v) is 9.17. The van der Waals surface area contributed by atoms with Gasteiger partial charge in [0.1, 0.15) is 17.4 Å². The van der Waals surface area contributed by atoms with Crippen LogP contribution >= 0.6 is 0 Å². The Morgan fingerprint density at radius 2 is 2.21 bits per heavy atom. The maximum atomic E-state index is 12.1. The van der Waals surface area contributed by atoms with Gasteiger partial charge in [-0.25, -0.2) is 0 Å². The standard InChI is InChI=1S/C10H6F2N2O5/c11-10(12)19-8-2-1-7(14(17)18)5(3-9(15)16)6(8)4-13/h1-2,10H,3H2,(H,15,16). The summed E-state index contributed by atoms with van der Waals surface area (Å²) in [5, 5.41) is 28.2. The van der Waals surface area contributed by atoms with E-state index in [2.05, 4.69) is 4.74 Å². The highest BCUT2D eigenvalue weighted by molar-refractivity contribution is 5.75. The van der Waals surface area contributed by atoms with Crippen LogP contribution in [-0.2, 0) is 11.2 Å². The molecule has 100 valence electrons. The minimum Gasteiger partial charge on any atom is -0.481 e. The van der Waals surface area contributed by atoms with Crippen molar-refractivity contribution in [1.82, 2.24) is 0 Å². The molecule has 0 saturated heterocycles. The highest BCUT2D eigenvalue weighted by Gasteiger charge is 2.24. The first-order chi connectivity index (χ1) is 8.86. The second-order valence-electron chi connectivity index (χ2n) is 3.25. The quantitative estimate of drug-likeness (QED) is 0.644. The number of halogens is 2. The van der Waals surface area contributed by atoms with Crippen LogP contribution in [0.3, 0.4) is 0 Å². The topological polar surface area (TPSA) is 113 Å². The Morgan fingerprint density at radius 1 is 1.58 bits per heavy atom. The maximum absolute atomic E-state index is 12.1. The zero-order valence-electron chi connectivity index (χ0n) is 9.17. The van der Waals surface area contributed by atoms with Gasteiger partial charge in [0.05, 0.1) is 16.9 Å². The van der Waals surface area contributed by atoms with Gasteiger partial charge in [-0.3, -0.25) is 14.9 Å². The minimum absolute atomic E-state index is 0.474. The molecule has 0 aliphatic heterocycles. The zero-order chi connectivity index (χ0) is 14.6. The predicted molar refractivity (Wildman–Crippen MR) is 55.8 cm³/mol. The molecule has 0 aliphatic carbocycles. The van der Waals surface area contributed by atoms with Gasteiger partial charge < -0.3 is 9.84 Å². The molecule has 0 amide bonds. The number of nitro benzene ring substituents is 1. The Bertz CT molecular complexity index is 568. The van der Waals surface area contributed by atoms with Crippen molar-refractivity contribution in [2.24, 2.45) is 0 Å². The fraction of sp³-hybridized carbons (Fsp3) is 0.200. The molecule has 0 radical (unpaired) electrons. The van der Waals surface area contributed by atoms with Crippen LogP contribution in [0.2, 0.25) is 0 Å². The summed E-state index contributed by atoms with van der Waals surface area (Å²) < 4.78 is 28.2.